The maximum Gasteiger partial charge on any atom is 0.300 e. The molecule has 0 saturated carbocycles. The molecule has 1 aromatic heterocycles. The van der Waals surface area contributed by atoms with E-state index in [2.05, 4.69) is 105 Å². The zero-order valence-corrected chi connectivity index (χ0v) is 29.7. The molecule has 0 aliphatic rings. The Morgan fingerprint density at radius 2 is 1.41 bits per heavy atom. The van der Waals surface area contributed by atoms with Crippen molar-refractivity contribution in [3.63, 3.8) is 0 Å². The molecule has 0 atom stereocenters. The number of thiazole rings is 1. The highest BCUT2D eigenvalue weighted by Crippen LogP contribution is 2.24. The van der Waals surface area contributed by atoms with Gasteiger partial charge in [-0.3, -0.25) is 4.79 Å². The van der Waals surface area contributed by atoms with E-state index < -0.39 is 5.97 Å². The minimum atomic E-state index is -0.833. The number of aromatic nitrogens is 1. The SMILES string of the molecule is CC(=O)O.COC(CBr)OC.Cc1cc(CC(N)=S)cc(C)c1Br.Cc1cc(Cc2nccs2)cc(C)c1Br. The summed E-state index contributed by atoms with van der Waals surface area (Å²) in [4.78, 5) is 13.8. The molecule has 0 spiro atoms. The number of hydrogen-bond donors (Lipinski definition) is 2. The maximum atomic E-state index is 9.00. The topological polar surface area (TPSA) is 94.7 Å². The van der Waals surface area contributed by atoms with Crippen LogP contribution in [-0.2, 0) is 27.1 Å². The first-order valence-corrected chi connectivity index (χ1v) is 15.7. The van der Waals surface area contributed by atoms with Gasteiger partial charge in [-0.05, 0) is 61.1 Å². The lowest BCUT2D eigenvalue weighted by atomic mass is 10.1. The number of alkyl halides is 1. The lowest BCUT2D eigenvalue weighted by Gasteiger charge is -2.07. The van der Waals surface area contributed by atoms with Crippen molar-refractivity contribution in [3.05, 3.63) is 83.2 Å². The van der Waals surface area contributed by atoms with E-state index >= 15 is 0 Å². The zero-order valence-electron chi connectivity index (χ0n) is 23.3. The molecule has 6 nitrogen and oxygen atoms in total. The van der Waals surface area contributed by atoms with E-state index in [0.717, 1.165) is 18.7 Å². The Morgan fingerprint density at radius 1 is 1.00 bits per heavy atom. The van der Waals surface area contributed by atoms with Gasteiger partial charge in [-0.1, -0.05) is 84.3 Å². The van der Waals surface area contributed by atoms with Crippen LogP contribution in [0, 0.1) is 27.7 Å². The molecule has 0 bridgehead atoms. The number of methoxy groups -OCH3 is 2. The molecule has 1 heterocycles. The van der Waals surface area contributed by atoms with Gasteiger partial charge in [0.25, 0.3) is 5.97 Å². The number of halogens is 3. The van der Waals surface area contributed by atoms with Crippen LogP contribution in [0.4, 0.5) is 0 Å². The lowest BCUT2D eigenvalue weighted by Crippen LogP contribution is -2.13. The van der Waals surface area contributed by atoms with Crippen molar-refractivity contribution in [2.24, 2.45) is 5.73 Å². The number of hydrogen-bond acceptors (Lipinski definition) is 6. The summed E-state index contributed by atoms with van der Waals surface area (Å²) in [5, 5.41) is 11.3. The Kier molecular flexibility index (Phi) is 20.0. The molecule has 2 aromatic carbocycles. The summed E-state index contributed by atoms with van der Waals surface area (Å²) in [6.07, 6.45) is 3.38. The van der Waals surface area contributed by atoms with Crippen molar-refractivity contribution in [3.8, 4) is 0 Å². The van der Waals surface area contributed by atoms with Gasteiger partial charge in [-0.2, -0.15) is 0 Å². The number of ether oxygens (including phenoxy) is 2. The molecule has 11 heteroatoms. The van der Waals surface area contributed by atoms with Crippen LogP contribution in [0.1, 0.15) is 45.3 Å². The fraction of sp³-hybridized carbons (Fsp3) is 0.393. The monoisotopic (exact) mass is 766 g/mol. The van der Waals surface area contributed by atoms with E-state index in [0.29, 0.717) is 11.4 Å². The highest BCUT2D eigenvalue weighted by atomic mass is 79.9. The Morgan fingerprint density at radius 3 is 1.69 bits per heavy atom. The van der Waals surface area contributed by atoms with Crippen LogP contribution in [0.25, 0.3) is 0 Å². The lowest BCUT2D eigenvalue weighted by molar-refractivity contribution is -0.134. The van der Waals surface area contributed by atoms with Crippen molar-refractivity contribution in [1.82, 2.24) is 4.98 Å². The molecule has 3 aromatic rings. The highest BCUT2D eigenvalue weighted by Gasteiger charge is 2.05. The first kappa shape index (κ1) is 37.8. The second-order valence-electron chi connectivity index (χ2n) is 8.41. The summed E-state index contributed by atoms with van der Waals surface area (Å²) < 4.78 is 11.9. The number of carboxylic acid groups (broad SMARTS) is 1. The Balaban J connectivity index is 0.000000547. The van der Waals surface area contributed by atoms with E-state index in [-0.39, 0.29) is 6.29 Å². The van der Waals surface area contributed by atoms with Gasteiger partial charge < -0.3 is 20.3 Å². The molecule has 0 amide bonds. The molecule has 0 fully saturated rings. The van der Waals surface area contributed by atoms with E-state index in [1.807, 2.05) is 11.6 Å². The number of thiocarbonyl (C=S) groups is 1. The van der Waals surface area contributed by atoms with Crippen LogP contribution in [0.5, 0.6) is 0 Å². The van der Waals surface area contributed by atoms with Crippen LogP contribution in [0.2, 0.25) is 0 Å². The number of nitrogens with two attached hydrogens (primary N) is 1. The summed E-state index contributed by atoms with van der Waals surface area (Å²) in [7, 11) is 3.21. The molecule has 39 heavy (non-hydrogen) atoms. The van der Waals surface area contributed by atoms with Crippen molar-refractivity contribution in [1.29, 1.82) is 0 Å². The Bertz CT molecular complexity index is 1120. The summed E-state index contributed by atoms with van der Waals surface area (Å²) in [6.45, 7) is 9.48. The Hall–Kier alpha value is -1.21. The summed E-state index contributed by atoms with van der Waals surface area (Å²) >= 11 is 16.9. The van der Waals surface area contributed by atoms with Gasteiger partial charge in [0.05, 0.1) is 15.3 Å². The number of aryl methyl sites for hydroxylation is 4. The summed E-state index contributed by atoms with van der Waals surface area (Å²) in [6, 6.07) is 8.66. The van der Waals surface area contributed by atoms with Gasteiger partial charge in [0.15, 0.2) is 6.29 Å². The van der Waals surface area contributed by atoms with Crippen LogP contribution in [0.15, 0.2) is 44.8 Å². The van der Waals surface area contributed by atoms with E-state index in [1.165, 1.54) is 47.3 Å². The number of nitrogens with zero attached hydrogens (tertiary/aromatic N) is 1. The van der Waals surface area contributed by atoms with Crippen LogP contribution in [0.3, 0.4) is 0 Å². The van der Waals surface area contributed by atoms with Crippen molar-refractivity contribution < 1.29 is 19.4 Å². The normalized spacial score (nSPS) is 9.92. The van der Waals surface area contributed by atoms with Gasteiger partial charge in [0, 0.05) is 54.5 Å². The van der Waals surface area contributed by atoms with Gasteiger partial charge in [0.1, 0.15) is 0 Å². The number of carboxylic acids is 1. The fourth-order valence-electron chi connectivity index (χ4n) is 3.21. The molecular weight excluding hydrogens is 732 g/mol. The van der Waals surface area contributed by atoms with Crippen molar-refractivity contribution >= 4 is 82.3 Å². The van der Waals surface area contributed by atoms with Crippen molar-refractivity contribution in [2.75, 3.05) is 19.5 Å². The molecule has 0 unspecified atom stereocenters. The minimum Gasteiger partial charge on any atom is -0.481 e. The zero-order chi connectivity index (χ0) is 30.1. The largest absolute Gasteiger partial charge is 0.481 e. The molecule has 3 rings (SSSR count). The molecular formula is C28H37Br3N2O4S2. The van der Waals surface area contributed by atoms with Crippen LogP contribution < -0.4 is 5.73 Å². The van der Waals surface area contributed by atoms with E-state index in [4.69, 9.17) is 37.3 Å². The summed E-state index contributed by atoms with van der Waals surface area (Å²) in [5.41, 5.74) is 13.0. The number of carbonyl (C=O) groups is 1. The quantitative estimate of drug-likeness (QED) is 0.143. The fourth-order valence-corrected chi connectivity index (χ4v) is 5.02. The molecule has 216 valence electrons. The van der Waals surface area contributed by atoms with Gasteiger partial charge >= 0.3 is 0 Å². The van der Waals surface area contributed by atoms with Gasteiger partial charge in [-0.25, -0.2) is 4.98 Å². The van der Waals surface area contributed by atoms with Crippen LogP contribution in [-0.4, -0.2) is 46.9 Å². The standard InChI is InChI=1S/C12H12BrNS.C10H12BrNS.C4H9BrO2.C2H4O2/c1-8-5-10(6-9(2)12(8)13)7-11-14-3-4-15-11;1-6-3-8(5-9(12)13)4-7(2)10(6)11;1-6-4(3-5)7-2;1-2(3)4/h3-6H,7H2,1-2H3;3-4H,5H2,1-2H3,(H2,12,13);4H,3H2,1-2H3;1H3,(H,3,4). The Labute approximate surface area is 267 Å². The second kappa shape index (κ2) is 20.6. The highest BCUT2D eigenvalue weighted by molar-refractivity contribution is 9.11. The third kappa shape index (κ3) is 16.6. The first-order valence-electron chi connectivity index (χ1n) is 11.7. The smallest absolute Gasteiger partial charge is 0.300 e. The number of aliphatic carboxylic acids is 1. The third-order valence-electron chi connectivity index (χ3n) is 4.86. The van der Waals surface area contributed by atoms with E-state index in [9.17, 15) is 0 Å². The van der Waals surface area contributed by atoms with Crippen LogP contribution >= 0.6 is 71.3 Å². The average Bonchev–Trinajstić information content (AvgIpc) is 3.35. The molecule has 0 aliphatic heterocycles. The minimum absolute atomic E-state index is 0.0972. The van der Waals surface area contributed by atoms with Gasteiger partial charge in [0.2, 0.25) is 0 Å². The van der Waals surface area contributed by atoms with E-state index in [1.54, 1.807) is 25.6 Å². The van der Waals surface area contributed by atoms with Crippen molar-refractivity contribution in [2.45, 2.75) is 53.8 Å². The number of benzene rings is 2. The second-order valence-corrected chi connectivity index (χ2v) is 12.1. The predicted octanol–water partition coefficient (Wildman–Crippen LogP) is 8.10. The maximum absolute atomic E-state index is 9.00. The molecule has 0 radical (unpaired) electrons. The third-order valence-corrected chi connectivity index (χ3v) is 8.82. The average molecular weight is 769 g/mol. The van der Waals surface area contributed by atoms with Gasteiger partial charge in [-0.15, -0.1) is 11.3 Å². The summed E-state index contributed by atoms with van der Waals surface area (Å²) in [5.74, 6) is -0.833. The molecule has 0 aliphatic carbocycles. The molecule has 3 N–H and O–H groups in total. The first-order chi connectivity index (χ1) is 18.2. The number of rotatable bonds is 7. The molecule has 0 saturated heterocycles. The predicted molar refractivity (Wildman–Crippen MR) is 178 cm³/mol.